The van der Waals surface area contributed by atoms with E-state index in [2.05, 4.69) is 39.8 Å². The van der Waals surface area contributed by atoms with Gasteiger partial charge in [-0.25, -0.2) is 0 Å². The van der Waals surface area contributed by atoms with Gasteiger partial charge in [0, 0.05) is 0 Å². The van der Waals surface area contributed by atoms with Gasteiger partial charge in [-0.05, 0) is 0 Å². The van der Waals surface area contributed by atoms with Crippen LogP contribution in [-0.2, 0) is 23.2 Å². The molecule has 0 amide bonds. The first-order valence-electron chi connectivity index (χ1n) is 5.57. The van der Waals surface area contributed by atoms with E-state index in [9.17, 15) is 0 Å². The van der Waals surface area contributed by atoms with Gasteiger partial charge in [-0.1, -0.05) is 0 Å². The summed E-state index contributed by atoms with van der Waals surface area (Å²) in [6, 6.07) is 0. The second-order valence-electron chi connectivity index (χ2n) is 4.74. The van der Waals surface area contributed by atoms with Crippen molar-refractivity contribution in [3.63, 3.8) is 0 Å². The summed E-state index contributed by atoms with van der Waals surface area (Å²) < 4.78 is 3.53. The maximum absolute atomic E-state index is 2.45. The van der Waals surface area contributed by atoms with Crippen molar-refractivity contribution < 1.29 is 23.2 Å². The molecule has 0 radical (unpaired) electrons. The predicted molar refractivity (Wildman–Crippen MR) is 62.1 cm³/mol. The van der Waals surface area contributed by atoms with Gasteiger partial charge in [0.2, 0.25) is 0 Å². The first kappa shape index (κ1) is 11.3. The Morgan fingerprint density at radius 1 is 0.800 bits per heavy atom. The Bertz CT molecular complexity index is 377. The molecular weight excluding hydrogens is 259 g/mol. The van der Waals surface area contributed by atoms with Crippen LogP contribution in [0, 0.1) is 0 Å². The third-order valence-electron chi connectivity index (χ3n) is 3.36. The van der Waals surface area contributed by atoms with Crippen LogP contribution in [0.5, 0.6) is 0 Å². The molecule has 0 aliphatic heterocycles. The molecule has 0 saturated carbocycles. The van der Waals surface area contributed by atoms with Gasteiger partial charge in [-0.2, -0.15) is 0 Å². The molecule has 0 spiro atoms. The van der Waals surface area contributed by atoms with Gasteiger partial charge in [0.25, 0.3) is 0 Å². The van der Waals surface area contributed by atoms with Gasteiger partial charge in [0.15, 0.2) is 0 Å². The Morgan fingerprint density at radius 2 is 1.20 bits per heavy atom. The van der Waals surface area contributed by atoms with Crippen LogP contribution in [0.1, 0.15) is 40.5 Å². The van der Waals surface area contributed by atoms with Crippen molar-refractivity contribution in [2.45, 2.75) is 40.5 Å². The van der Waals surface area contributed by atoms with E-state index in [0.717, 1.165) is 0 Å². The van der Waals surface area contributed by atoms with Gasteiger partial charge in [0.05, 0.1) is 0 Å². The number of allylic oxidation sites excluding steroid dienone is 8. The summed E-state index contributed by atoms with van der Waals surface area (Å²) in [5.41, 5.74) is 6.22. The van der Waals surface area contributed by atoms with Crippen molar-refractivity contribution in [2.75, 3.05) is 0 Å². The molecule has 0 fully saturated rings. The number of hydrogen-bond acceptors (Lipinski definition) is 0. The zero-order valence-corrected chi connectivity index (χ0v) is 12.5. The monoisotopic (exact) mass is 276 g/mol. The third kappa shape index (κ3) is 2.50. The normalized spacial score (nSPS) is 21.1. The SMILES string of the molecule is CC1=C(C)C[C]([Zr][C]2=CC(C)=C(C)C2)=C1. The van der Waals surface area contributed by atoms with Crippen molar-refractivity contribution in [1.82, 2.24) is 0 Å². The molecule has 2 aliphatic rings. The van der Waals surface area contributed by atoms with Gasteiger partial charge < -0.3 is 0 Å². The predicted octanol–water partition coefficient (Wildman–Crippen LogP) is 4.32. The van der Waals surface area contributed by atoms with E-state index in [-0.39, 0.29) is 0 Å². The van der Waals surface area contributed by atoms with E-state index >= 15 is 0 Å². The Morgan fingerprint density at radius 3 is 1.47 bits per heavy atom. The van der Waals surface area contributed by atoms with Crippen LogP contribution >= 0.6 is 0 Å². The van der Waals surface area contributed by atoms with Crippen molar-refractivity contribution in [3.8, 4) is 0 Å². The molecule has 0 atom stereocenters. The molecular formula is C14H18Zr. The average molecular weight is 278 g/mol. The molecule has 1 heteroatoms. The Labute approximate surface area is 104 Å². The van der Waals surface area contributed by atoms with Crippen LogP contribution in [-0.4, -0.2) is 0 Å². The van der Waals surface area contributed by atoms with Crippen molar-refractivity contribution in [1.29, 1.82) is 0 Å². The molecule has 0 aromatic heterocycles. The summed E-state index contributed by atoms with van der Waals surface area (Å²) >= 11 is -0.417. The fraction of sp³-hybridized carbons (Fsp3) is 0.429. The minimum absolute atomic E-state index is 0.417. The summed E-state index contributed by atoms with van der Waals surface area (Å²) in [4.78, 5) is 0. The van der Waals surface area contributed by atoms with Crippen LogP contribution in [0.25, 0.3) is 0 Å². The average Bonchev–Trinajstić information content (AvgIpc) is 2.59. The van der Waals surface area contributed by atoms with Crippen LogP contribution < -0.4 is 0 Å². The molecule has 0 N–H and O–H groups in total. The zero-order chi connectivity index (χ0) is 11.0. The standard InChI is InChI=1S/2C7H9.Zr/c2*1-6-4-3-5-7(6)2;/h2*4H,5H2,1-2H3;. The van der Waals surface area contributed by atoms with E-state index < -0.39 is 23.2 Å². The molecule has 0 bridgehead atoms. The van der Waals surface area contributed by atoms with Crippen molar-refractivity contribution in [3.05, 3.63) is 41.0 Å². The van der Waals surface area contributed by atoms with E-state index in [1.54, 1.807) is 17.7 Å². The third-order valence-corrected chi connectivity index (χ3v) is 6.52. The van der Waals surface area contributed by atoms with Gasteiger partial charge in [-0.3, -0.25) is 0 Å². The quantitative estimate of drug-likeness (QED) is 0.705. The van der Waals surface area contributed by atoms with Gasteiger partial charge >= 0.3 is 105 Å². The van der Waals surface area contributed by atoms with Crippen LogP contribution in [0.2, 0.25) is 0 Å². The minimum atomic E-state index is -0.417. The second kappa shape index (κ2) is 4.38. The molecule has 0 aromatic rings. The molecule has 0 saturated heterocycles. The van der Waals surface area contributed by atoms with E-state index in [1.807, 2.05) is 0 Å². The Balaban J connectivity index is 1.98. The fourth-order valence-electron chi connectivity index (χ4n) is 2.09. The summed E-state index contributed by atoms with van der Waals surface area (Å²) in [7, 11) is 0. The Hall–Kier alpha value is -0.157. The van der Waals surface area contributed by atoms with Crippen LogP contribution in [0.15, 0.2) is 41.0 Å². The van der Waals surface area contributed by atoms with Crippen LogP contribution in [0.4, 0.5) is 0 Å². The van der Waals surface area contributed by atoms with E-state index in [1.165, 1.54) is 24.0 Å². The molecule has 78 valence electrons. The number of hydrogen-bond donors (Lipinski definition) is 0. The molecule has 0 unspecified atom stereocenters. The van der Waals surface area contributed by atoms with Gasteiger partial charge in [0.1, 0.15) is 0 Å². The summed E-state index contributed by atoms with van der Waals surface area (Å²) in [5, 5.41) is 0. The first-order valence-corrected chi connectivity index (χ1v) is 8.03. The van der Waals surface area contributed by atoms with Gasteiger partial charge in [-0.15, -0.1) is 0 Å². The molecule has 0 nitrogen and oxygen atoms in total. The summed E-state index contributed by atoms with van der Waals surface area (Å²) in [5.74, 6) is 0. The van der Waals surface area contributed by atoms with Crippen molar-refractivity contribution in [2.24, 2.45) is 0 Å². The molecule has 0 heterocycles. The maximum atomic E-state index is 2.45. The molecule has 15 heavy (non-hydrogen) atoms. The molecule has 2 rings (SSSR count). The van der Waals surface area contributed by atoms with Crippen molar-refractivity contribution >= 4 is 0 Å². The molecule has 0 aromatic carbocycles. The second-order valence-corrected chi connectivity index (χ2v) is 8.52. The van der Waals surface area contributed by atoms with E-state index in [4.69, 9.17) is 0 Å². The molecule has 2 aliphatic carbocycles. The Kier molecular flexibility index (Phi) is 3.31. The number of rotatable bonds is 2. The van der Waals surface area contributed by atoms with Crippen LogP contribution in [0.3, 0.4) is 0 Å². The summed E-state index contributed by atoms with van der Waals surface area (Å²) in [6.45, 7) is 9.05. The fourth-order valence-corrected chi connectivity index (χ4v) is 6.26. The summed E-state index contributed by atoms with van der Waals surface area (Å²) in [6.07, 6.45) is 7.44. The first-order chi connectivity index (χ1) is 7.06. The topological polar surface area (TPSA) is 0 Å². The van der Waals surface area contributed by atoms with E-state index in [0.29, 0.717) is 0 Å². The zero-order valence-electron chi connectivity index (χ0n) is 10.1.